The third-order valence-electron chi connectivity index (χ3n) is 2.17. The van der Waals surface area contributed by atoms with E-state index in [0.29, 0.717) is 18.3 Å². The number of nitrogen functional groups attached to an aromatic ring is 1. The van der Waals surface area contributed by atoms with Gasteiger partial charge in [0.1, 0.15) is 6.10 Å². The number of nitrogens with two attached hydrogens (primary N) is 1. The highest BCUT2D eigenvalue weighted by molar-refractivity contribution is 5.41. The predicted molar refractivity (Wildman–Crippen MR) is 58.7 cm³/mol. The van der Waals surface area contributed by atoms with Crippen LogP contribution in [0.15, 0.2) is 4.52 Å². The second-order valence-corrected chi connectivity index (χ2v) is 3.35. The van der Waals surface area contributed by atoms with E-state index in [0.717, 1.165) is 6.42 Å². The van der Waals surface area contributed by atoms with Crippen LogP contribution in [0, 0.1) is 0 Å². The largest absolute Gasteiger partial charge is 0.370 e. The molecule has 1 atom stereocenters. The monoisotopic (exact) mass is 238 g/mol. The summed E-state index contributed by atoms with van der Waals surface area (Å²) in [5.41, 5.74) is 5.39. The molecule has 0 aliphatic heterocycles. The topological polar surface area (TPSA) is 116 Å². The SMILES string of the molecule is CCOC(CC)c1noc(-c2nc(N)n[nH]2)n1. The van der Waals surface area contributed by atoms with E-state index in [1.807, 2.05) is 13.8 Å². The fourth-order valence-electron chi connectivity index (χ4n) is 1.41. The summed E-state index contributed by atoms with van der Waals surface area (Å²) in [6.45, 7) is 4.50. The van der Waals surface area contributed by atoms with Crippen molar-refractivity contribution in [2.75, 3.05) is 12.3 Å². The maximum Gasteiger partial charge on any atom is 0.295 e. The Hall–Kier alpha value is -1.96. The van der Waals surface area contributed by atoms with E-state index in [4.69, 9.17) is 15.0 Å². The minimum Gasteiger partial charge on any atom is -0.370 e. The summed E-state index contributed by atoms with van der Waals surface area (Å²) in [5, 5.41) is 10.1. The van der Waals surface area contributed by atoms with Crippen molar-refractivity contribution in [2.24, 2.45) is 0 Å². The Kier molecular flexibility index (Phi) is 3.33. The fourth-order valence-corrected chi connectivity index (χ4v) is 1.41. The third kappa shape index (κ3) is 2.41. The van der Waals surface area contributed by atoms with Gasteiger partial charge in [-0.3, -0.25) is 5.10 Å². The lowest BCUT2D eigenvalue weighted by Gasteiger charge is -2.09. The van der Waals surface area contributed by atoms with Gasteiger partial charge in [0.25, 0.3) is 5.89 Å². The molecule has 2 aromatic heterocycles. The van der Waals surface area contributed by atoms with Gasteiger partial charge in [-0.1, -0.05) is 12.1 Å². The van der Waals surface area contributed by atoms with Gasteiger partial charge in [-0.05, 0) is 13.3 Å². The van der Waals surface area contributed by atoms with Crippen LogP contribution in [-0.4, -0.2) is 31.9 Å². The first-order chi connectivity index (χ1) is 8.24. The summed E-state index contributed by atoms with van der Waals surface area (Å²) < 4.78 is 10.5. The van der Waals surface area contributed by atoms with Crippen LogP contribution in [-0.2, 0) is 4.74 Å². The summed E-state index contributed by atoms with van der Waals surface area (Å²) in [7, 11) is 0. The average molecular weight is 238 g/mol. The summed E-state index contributed by atoms with van der Waals surface area (Å²) in [5.74, 6) is 1.24. The van der Waals surface area contributed by atoms with Gasteiger partial charge in [-0.25, -0.2) is 0 Å². The first-order valence-corrected chi connectivity index (χ1v) is 5.38. The van der Waals surface area contributed by atoms with Gasteiger partial charge < -0.3 is 15.0 Å². The Morgan fingerprint density at radius 1 is 1.41 bits per heavy atom. The molecule has 0 fully saturated rings. The molecule has 1 unspecified atom stereocenters. The highest BCUT2D eigenvalue weighted by atomic mass is 16.5. The van der Waals surface area contributed by atoms with Crippen LogP contribution >= 0.6 is 0 Å². The molecule has 0 amide bonds. The minimum absolute atomic E-state index is 0.136. The lowest BCUT2D eigenvalue weighted by molar-refractivity contribution is 0.0518. The zero-order valence-electron chi connectivity index (χ0n) is 9.67. The van der Waals surface area contributed by atoms with E-state index in [1.165, 1.54) is 0 Å². The van der Waals surface area contributed by atoms with Crippen molar-refractivity contribution in [1.29, 1.82) is 0 Å². The second-order valence-electron chi connectivity index (χ2n) is 3.35. The molecule has 0 saturated heterocycles. The van der Waals surface area contributed by atoms with E-state index in [1.54, 1.807) is 0 Å². The summed E-state index contributed by atoms with van der Waals surface area (Å²) in [4.78, 5) is 8.09. The number of anilines is 1. The number of hydrogen-bond acceptors (Lipinski definition) is 7. The summed E-state index contributed by atoms with van der Waals surface area (Å²) in [6, 6.07) is 0. The molecule has 0 bridgehead atoms. The molecule has 0 radical (unpaired) electrons. The molecule has 17 heavy (non-hydrogen) atoms. The van der Waals surface area contributed by atoms with Gasteiger partial charge in [-0.15, -0.1) is 5.10 Å². The highest BCUT2D eigenvalue weighted by Gasteiger charge is 2.19. The number of aromatic nitrogens is 5. The van der Waals surface area contributed by atoms with Crippen LogP contribution in [0.3, 0.4) is 0 Å². The number of ether oxygens (including phenoxy) is 1. The Morgan fingerprint density at radius 3 is 2.82 bits per heavy atom. The highest BCUT2D eigenvalue weighted by Crippen LogP contribution is 2.20. The molecule has 0 spiro atoms. The van der Waals surface area contributed by atoms with Crippen molar-refractivity contribution in [3.8, 4) is 11.7 Å². The first kappa shape index (κ1) is 11.5. The van der Waals surface area contributed by atoms with Gasteiger partial charge in [0.15, 0.2) is 0 Å². The Balaban J connectivity index is 2.20. The maximum atomic E-state index is 5.48. The molecule has 0 aliphatic rings. The molecule has 8 heteroatoms. The molecule has 0 saturated carbocycles. The average Bonchev–Trinajstić information content (AvgIpc) is 2.94. The van der Waals surface area contributed by atoms with Crippen molar-refractivity contribution in [3.63, 3.8) is 0 Å². The van der Waals surface area contributed by atoms with Gasteiger partial charge in [-0.2, -0.15) is 9.97 Å². The van der Waals surface area contributed by atoms with E-state index in [9.17, 15) is 0 Å². The van der Waals surface area contributed by atoms with E-state index < -0.39 is 0 Å². The van der Waals surface area contributed by atoms with E-state index >= 15 is 0 Å². The van der Waals surface area contributed by atoms with Crippen molar-refractivity contribution in [2.45, 2.75) is 26.4 Å². The van der Waals surface area contributed by atoms with Gasteiger partial charge in [0, 0.05) is 6.61 Å². The summed E-state index contributed by atoms with van der Waals surface area (Å²) >= 11 is 0. The number of H-pyrrole nitrogens is 1. The van der Waals surface area contributed by atoms with Crippen LogP contribution in [0.5, 0.6) is 0 Å². The number of nitrogens with zero attached hydrogens (tertiary/aromatic N) is 4. The minimum atomic E-state index is -0.169. The maximum absolute atomic E-state index is 5.48. The molecule has 0 aromatic carbocycles. The Bertz CT molecular complexity index is 479. The third-order valence-corrected chi connectivity index (χ3v) is 2.17. The molecule has 8 nitrogen and oxygen atoms in total. The second kappa shape index (κ2) is 4.91. The van der Waals surface area contributed by atoms with Crippen LogP contribution in [0.2, 0.25) is 0 Å². The van der Waals surface area contributed by atoms with Crippen molar-refractivity contribution < 1.29 is 9.26 Å². The molecule has 0 aliphatic carbocycles. The summed E-state index contributed by atoms with van der Waals surface area (Å²) in [6.07, 6.45) is 0.600. The van der Waals surface area contributed by atoms with Gasteiger partial charge >= 0.3 is 0 Å². The number of nitrogens with one attached hydrogen (secondary N) is 1. The van der Waals surface area contributed by atoms with E-state index in [2.05, 4.69) is 25.3 Å². The fraction of sp³-hybridized carbons (Fsp3) is 0.556. The molecule has 2 rings (SSSR count). The van der Waals surface area contributed by atoms with Gasteiger partial charge in [0.05, 0.1) is 0 Å². The number of rotatable bonds is 5. The molecular weight excluding hydrogens is 224 g/mol. The number of hydrogen-bond donors (Lipinski definition) is 2. The Morgan fingerprint density at radius 2 is 2.24 bits per heavy atom. The molecule has 2 aromatic rings. The number of aromatic amines is 1. The van der Waals surface area contributed by atoms with Crippen LogP contribution in [0.25, 0.3) is 11.7 Å². The standard InChI is InChI=1S/C9H14N6O2/c1-3-5(16-4-2)6-11-8(17-15-6)7-12-9(10)14-13-7/h5H,3-4H2,1-2H3,(H3,10,12,13,14). The van der Waals surface area contributed by atoms with E-state index in [-0.39, 0.29) is 17.9 Å². The first-order valence-electron chi connectivity index (χ1n) is 5.38. The van der Waals surface area contributed by atoms with Crippen molar-refractivity contribution in [1.82, 2.24) is 25.3 Å². The molecule has 3 N–H and O–H groups in total. The van der Waals surface area contributed by atoms with Crippen LogP contribution < -0.4 is 5.73 Å². The van der Waals surface area contributed by atoms with Crippen molar-refractivity contribution >= 4 is 5.95 Å². The zero-order valence-corrected chi connectivity index (χ0v) is 9.67. The molecular formula is C9H14N6O2. The molecule has 92 valence electrons. The Labute approximate surface area is 97.6 Å². The van der Waals surface area contributed by atoms with Crippen LogP contribution in [0.1, 0.15) is 32.2 Å². The molecule has 2 heterocycles. The zero-order chi connectivity index (χ0) is 12.3. The smallest absolute Gasteiger partial charge is 0.295 e. The quantitative estimate of drug-likeness (QED) is 0.795. The normalized spacial score (nSPS) is 12.8. The van der Waals surface area contributed by atoms with Gasteiger partial charge in [0.2, 0.25) is 17.6 Å². The van der Waals surface area contributed by atoms with Crippen LogP contribution in [0.4, 0.5) is 5.95 Å². The lowest BCUT2D eigenvalue weighted by Crippen LogP contribution is -2.04. The predicted octanol–water partition coefficient (Wildman–Crippen LogP) is 0.925. The lowest BCUT2D eigenvalue weighted by atomic mass is 10.2. The van der Waals surface area contributed by atoms with Crippen molar-refractivity contribution in [3.05, 3.63) is 5.82 Å².